The second-order valence-corrected chi connectivity index (χ2v) is 7.35. The standard InChI is InChI=1S/C19H25F2NO/c1-22-9-8-19-7-3-2-4-15(19)17(22)10-13-5-6-14(11-16(13)19)23-12-18(20)21/h5-6,11,15,17-18H,2-4,7-10,12H2,1H3/t15-,17+,19+/m1/s1/i12D2. The molecule has 3 atom stereocenters. The average Bonchev–Trinajstić information content (AvgIpc) is 2.58. The summed E-state index contributed by atoms with van der Waals surface area (Å²) < 4.78 is 45.5. The number of hydrogen-bond acceptors (Lipinski definition) is 2. The maximum absolute atomic E-state index is 12.8. The molecule has 3 aliphatic rings. The van der Waals surface area contributed by atoms with Crippen molar-refractivity contribution >= 4 is 0 Å². The minimum atomic E-state index is -3.17. The molecule has 0 amide bonds. The minimum Gasteiger partial charge on any atom is -0.488 e. The van der Waals surface area contributed by atoms with Crippen LogP contribution in [0.1, 0.15) is 46.0 Å². The van der Waals surface area contributed by atoms with E-state index in [1.54, 1.807) is 6.07 Å². The molecule has 1 aliphatic heterocycles. The largest absolute Gasteiger partial charge is 0.488 e. The van der Waals surface area contributed by atoms with E-state index >= 15 is 0 Å². The van der Waals surface area contributed by atoms with Gasteiger partial charge in [0.25, 0.3) is 6.43 Å². The summed E-state index contributed by atoms with van der Waals surface area (Å²) in [5.41, 5.74) is 2.61. The molecule has 23 heavy (non-hydrogen) atoms. The number of rotatable bonds is 3. The Morgan fingerprint density at radius 2 is 2.26 bits per heavy atom. The lowest BCUT2D eigenvalue weighted by molar-refractivity contribution is 0.00259. The monoisotopic (exact) mass is 323 g/mol. The Hall–Kier alpha value is -1.16. The van der Waals surface area contributed by atoms with E-state index in [0.717, 1.165) is 25.8 Å². The molecule has 4 heteroatoms. The number of hydrogen-bond donors (Lipinski definition) is 0. The van der Waals surface area contributed by atoms with Crippen molar-refractivity contribution in [2.75, 3.05) is 20.2 Å². The van der Waals surface area contributed by atoms with Gasteiger partial charge in [0.05, 0.1) is 2.74 Å². The smallest absolute Gasteiger partial charge is 0.272 e. The maximum atomic E-state index is 12.8. The van der Waals surface area contributed by atoms with Crippen LogP contribution in [0.15, 0.2) is 18.2 Å². The number of ether oxygens (including phenoxy) is 1. The first-order valence-corrected chi connectivity index (χ1v) is 8.64. The lowest BCUT2D eigenvalue weighted by Crippen LogP contribution is -2.59. The third-order valence-corrected chi connectivity index (χ3v) is 6.35. The summed E-state index contributed by atoms with van der Waals surface area (Å²) in [4.78, 5) is 2.48. The molecule has 2 aliphatic carbocycles. The van der Waals surface area contributed by atoms with Crippen molar-refractivity contribution in [2.24, 2.45) is 5.92 Å². The predicted octanol–water partition coefficient (Wildman–Crippen LogP) is 4.02. The van der Waals surface area contributed by atoms with Crippen LogP contribution in [0.3, 0.4) is 0 Å². The first kappa shape index (κ1) is 13.2. The highest BCUT2D eigenvalue weighted by Crippen LogP contribution is 2.55. The van der Waals surface area contributed by atoms with Crippen molar-refractivity contribution in [1.82, 2.24) is 4.90 Å². The van der Waals surface area contributed by atoms with Gasteiger partial charge in [-0.3, -0.25) is 0 Å². The third kappa shape index (κ3) is 2.46. The Labute approximate surface area is 139 Å². The van der Waals surface area contributed by atoms with Gasteiger partial charge in [-0.1, -0.05) is 18.9 Å². The molecule has 1 heterocycles. The average molecular weight is 323 g/mol. The van der Waals surface area contributed by atoms with Gasteiger partial charge in [-0.2, -0.15) is 0 Å². The Balaban J connectivity index is 1.74. The fourth-order valence-electron chi connectivity index (χ4n) is 5.35. The second kappa shape index (κ2) is 5.73. The van der Waals surface area contributed by atoms with Gasteiger partial charge in [0.15, 0.2) is 0 Å². The van der Waals surface area contributed by atoms with Gasteiger partial charge in [-0.15, -0.1) is 0 Å². The number of halogens is 2. The highest BCUT2D eigenvalue weighted by atomic mass is 19.3. The van der Waals surface area contributed by atoms with Crippen LogP contribution in [0.25, 0.3) is 0 Å². The lowest BCUT2D eigenvalue weighted by Gasteiger charge is -2.58. The normalized spacial score (nSPS) is 35.1. The molecule has 2 fully saturated rings. The molecule has 0 unspecified atom stereocenters. The molecular weight excluding hydrogens is 296 g/mol. The van der Waals surface area contributed by atoms with Crippen LogP contribution in [-0.4, -0.2) is 37.5 Å². The number of piperidine rings is 1. The van der Waals surface area contributed by atoms with E-state index in [9.17, 15) is 8.78 Å². The molecule has 126 valence electrons. The number of likely N-dealkylation sites (tertiary alicyclic amines) is 1. The quantitative estimate of drug-likeness (QED) is 0.833. The molecule has 1 saturated carbocycles. The van der Waals surface area contributed by atoms with Crippen LogP contribution in [0.5, 0.6) is 5.75 Å². The van der Waals surface area contributed by atoms with E-state index < -0.39 is 13.0 Å². The van der Waals surface area contributed by atoms with Gasteiger partial charge in [-0.25, -0.2) is 8.78 Å². The Morgan fingerprint density at radius 3 is 3.09 bits per heavy atom. The number of likely N-dealkylation sites (N-methyl/N-ethyl adjacent to an activating group) is 1. The van der Waals surface area contributed by atoms with Gasteiger partial charge in [-0.05, 0) is 68.5 Å². The van der Waals surface area contributed by atoms with Crippen molar-refractivity contribution in [3.63, 3.8) is 0 Å². The molecule has 1 aromatic rings. The summed E-state index contributed by atoms with van der Waals surface area (Å²) in [6.07, 6.45) is 3.73. The van der Waals surface area contributed by atoms with E-state index in [1.807, 2.05) is 12.1 Å². The van der Waals surface area contributed by atoms with Gasteiger partial charge < -0.3 is 9.64 Å². The highest BCUT2D eigenvalue weighted by molar-refractivity contribution is 5.45. The molecule has 4 rings (SSSR count). The first-order valence-electron chi connectivity index (χ1n) is 9.64. The third-order valence-electron chi connectivity index (χ3n) is 6.35. The Bertz CT molecular complexity index is 669. The molecule has 1 saturated heterocycles. The van der Waals surface area contributed by atoms with Gasteiger partial charge >= 0.3 is 0 Å². The zero-order valence-corrected chi connectivity index (χ0v) is 13.5. The van der Waals surface area contributed by atoms with Crippen LogP contribution in [0.2, 0.25) is 0 Å². The topological polar surface area (TPSA) is 12.5 Å². The molecule has 0 aromatic heterocycles. The fraction of sp³-hybridized carbons (Fsp3) is 0.684. The molecule has 2 nitrogen and oxygen atoms in total. The summed E-state index contributed by atoms with van der Waals surface area (Å²) in [5.74, 6) is 0.828. The van der Waals surface area contributed by atoms with Crippen LogP contribution < -0.4 is 4.74 Å². The summed E-state index contributed by atoms with van der Waals surface area (Å²) in [7, 11) is 2.21. The van der Waals surface area contributed by atoms with Crippen LogP contribution >= 0.6 is 0 Å². The Kier molecular flexibility index (Phi) is 3.28. The SMILES string of the molecule is [2H]C([2H])(Oc1ccc2c(c1)[C@]13CCCC[C@@H]1[C@H](C2)N(C)CC3)C(F)F. The van der Waals surface area contributed by atoms with E-state index in [4.69, 9.17) is 7.48 Å². The molecule has 0 radical (unpaired) electrons. The highest BCUT2D eigenvalue weighted by Gasteiger charge is 2.53. The summed E-state index contributed by atoms with van der Waals surface area (Å²) in [5, 5.41) is 0. The zero-order valence-electron chi connectivity index (χ0n) is 15.5. The van der Waals surface area contributed by atoms with Gasteiger partial charge in [0.2, 0.25) is 0 Å². The number of benzene rings is 1. The Morgan fingerprint density at radius 1 is 1.39 bits per heavy atom. The first-order chi connectivity index (χ1) is 11.8. The van der Waals surface area contributed by atoms with Crippen LogP contribution in [-0.2, 0) is 11.8 Å². The van der Waals surface area contributed by atoms with Gasteiger partial charge in [0.1, 0.15) is 12.3 Å². The summed E-state index contributed by atoms with van der Waals surface area (Å²) in [6, 6.07) is 6.02. The van der Waals surface area contributed by atoms with Crippen LogP contribution in [0, 0.1) is 5.92 Å². The van der Waals surface area contributed by atoms with E-state index in [0.29, 0.717) is 12.0 Å². The van der Waals surface area contributed by atoms with E-state index in [2.05, 4.69) is 11.9 Å². The second-order valence-electron chi connectivity index (χ2n) is 7.35. The summed E-state index contributed by atoms with van der Waals surface area (Å²) >= 11 is 0. The summed E-state index contributed by atoms with van der Waals surface area (Å²) in [6.45, 7) is -1.90. The number of alkyl halides is 2. The fourth-order valence-corrected chi connectivity index (χ4v) is 5.35. The molecule has 0 N–H and O–H groups in total. The maximum Gasteiger partial charge on any atom is 0.272 e. The molecular formula is C19H25F2NO. The van der Waals surface area contributed by atoms with Crippen molar-refractivity contribution < 1.29 is 16.3 Å². The van der Waals surface area contributed by atoms with Crippen molar-refractivity contribution in [3.05, 3.63) is 29.3 Å². The number of fused-ring (bicyclic) bond motifs is 1. The molecule has 1 aromatic carbocycles. The van der Waals surface area contributed by atoms with Crippen molar-refractivity contribution in [1.29, 1.82) is 0 Å². The van der Waals surface area contributed by atoms with E-state index in [1.165, 1.54) is 30.4 Å². The zero-order chi connectivity index (χ0) is 17.8. The van der Waals surface area contributed by atoms with E-state index in [-0.39, 0.29) is 11.2 Å². The molecule has 0 spiro atoms. The number of nitrogens with zero attached hydrogens (tertiary/aromatic N) is 1. The minimum absolute atomic E-state index is 0.111. The van der Waals surface area contributed by atoms with Crippen molar-refractivity contribution in [3.8, 4) is 5.75 Å². The van der Waals surface area contributed by atoms with Crippen LogP contribution in [0.4, 0.5) is 8.78 Å². The van der Waals surface area contributed by atoms with Gasteiger partial charge in [0, 0.05) is 11.5 Å². The molecule has 2 bridgehead atoms. The van der Waals surface area contributed by atoms with Crippen molar-refractivity contribution in [2.45, 2.75) is 56.4 Å². The predicted molar refractivity (Wildman–Crippen MR) is 86.3 cm³/mol. The lowest BCUT2D eigenvalue weighted by atomic mass is 9.52.